The Morgan fingerprint density at radius 1 is 1.24 bits per heavy atom. The summed E-state index contributed by atoms with van der Waals surface area (Å²) in [4.78, 5) is 38.1. The first kappa shape index (κ1) is 21.5. The number of nitrogens with one attached hydrogen (secondary N) is 1. The largest absolute Gasteiger partial charge is 0.462 e. The number of benzene rings is 1. The maximum Gasteiger partial charge on any atom is 0.341 e. The molecule has 1 aromatic carbocycles. The third-order valence-corrected chi connectivity index (χ3v) is 6.30. The molecule has 6 nitrogen and oxygen atoms in total. The Kier molecular flexibility index (Phi) is 7.08. The summed E-state index contributed by atoms with van der Waals surface area (Å²) in [6.45, 7) is 3.74. The Labute approximate surface area is 181 Å². The van der Waals surface area contributed by atoms with Crippen LogP contribution in [0.2, 0.25) is 0 Å². The summed E-state index contributed by atoms with van der Waals surface area (Å²) < 4.78 is 11.0. The van der Waals surface area contributed by atoms with Gasteiger partial charge in [0.2, 0.25) is 0 Å². The van der Waals surface area contributed by atoms with Gasteiger partial charge in [-0.15, -0.1) is 11.3 Å². The number of hydrogen-bond acceptors (Lipinski definition) is 6. The van der Waals surface area contributed by atoms with Crippen molar-refractivity contribution in [3.05, 3.63) is 50.3 Å². The monoisotopic (exact) mass is 479 g/mol. The van der Waals surface area contributed by atoms with Gasteiger partial charge >= 0.3 is 11.9 Å². The lowest BCUT2D eigenvalue weighted by Gasteiger charge is -2.18. The third-order valence-electron chi connectivity index (χ3n) is 4.64. The normalized spacial score (nSPS) is 15.3. The topological polar surface area (TPSA) is 81.7 Å². The number of amides is 1. The van der Waals surface area contributed by atoms with Crippen molar-refractivity contribution in [3.63, 3.8) is 0 Å². The molecule has 1 atom stereocenters. The highest BCUT2D eigenvalue weighted by Crippen LogP contribution is 2.40. The van der Waals surface area contributed by atoms with E-state index in [2.05, 4.69) is 28.2 Å². The van der Waals surface area contributed by atoms with Crippen LogP contribution in [0.15, 0.2) is 28.7 Å². The Bertz CT molecular complexity index is 939. The number of carbonyl (C=O) groups is 3. The van der Waals surface area contributed by atoms with Crippen molar-refractivity contribution in [1.82, 2.24) is 0 Å². The summed E-state index contributed by atoms with van der Waals surface area (Å²) >= 11 is 4.69. The second-order valence-corrected chi connectivity index (χ2v) is 8.93. The van der Waals surface area contributed by atoms with Gasteiger partial charge in [-0.1, -0.05) is 28.9 Å². The van der Waals surface area contributed by atoms with Crippen molar-refractivity contribution in [2.75, 3.05) is 18.5 Å². The average Bonchev–Trinajstić information content (AvgIpc) is 3.03. The van der Waals surface area contributed by atoms with E-state index in [9.17, 15) is 14.4 Å². The van der Waals surface area contributed by atoms with Gasteiger partial charge in [-0.25, -0.2) is 9.59 Å². The molecule has 0 bridgehead atoms. The molecule has 2 aromatic rings. The Morgan fingerprint density at radius 2 is 2.03 bits per heavy atom. The van der Waals surface area contributed by atoms with Gasteiger partial charge in [-0.3, -0.25) is 4.79 Å². The van der Waals surface area contributed by atoms with Gasteiger partial charge in [0.05, 0.1) is 17.7 Å². The smallest absolute Gasteiger partial charge is 0.341 e. The SMILES string of the molecule is CCOC(=O)c1c(NC(=O)COC(=O)c2cccc(Br)c2)sc2c1CCC(C)C2. The van der Waals surface area contributed by atoms with Crippen LogP contribution >= 0.6 is 27.3 Å². The van der Waals surface area contributed by atoms with Crippen molar-refractivity contribution in [2.45, 2.75) is 33.1 Å². The molecule has 1 aliphatic rings. The molecule has 3 rings (SSSR count). The number of rotatable bonds is 6. The van der Waals surface area contributed by atoms with Gasteiger partial charge in [0.15, 0.2) is 6.61 Å². The first-order chi connectivity index (χ1) is 13.9. The molecule has 8 heteroatoms. The number of hydrogen-bond donors (Lipinski definition) is 1. The quantitative estimate of drug-likeness (QED) is 0.611. The number of thiophene rings is 1. The van der Waals surface area contributed by atoms with Crippen LogP contribution in [-0.4, -0.2) is 31.1 Å². The Hall–Kier alpha value is -2.19. The minimum absolute atomic E-state index is 0.261. The summed E-state index contributed by atoms with van der Waals surface area (Å²) in [5, 5.41) is 3.20. The number of anilines is 1. The maximum atomic E-state index is 12.5. The van der Waals surface area contributed by atoms with Crippen LogP contribution in [0.1, 0.15) is 51.4 Å². The van der Waals surface area contributed by atoms with Crippen molar-refractivity contribution < 1.29 is 23.9 Å². The van der Waals surface area contributed by atoms with E-state index in [0.29, 0.717) is 22.0 Å². The van der Waals surface area contributed by atoms with Gasteiger partial charge in [0.1, 0.15) is 5.00 Å². The van der Waals surface area contributed by atoms with Gasteiger partial charge in [-0.05, 0) is 55.9 Å². The van der Waals surface area contributed by atoms with E-state index in [-0.39, 0.29) is 6.61 Å². The Balaban J connectivity index is 1.71. The molecule has 154 valence electrons. The van der Waals surface area contributed by atoms with Crippen LogP contribution in [-0.2, 0) is 27.1 Å². The van der Waals surface area contributed by atoms with Crippen LogP contribution in [0.4, 0.5) is 5.00 Å². The van der Waals surface area contributed by atoms with Gasteiger partial charge < -0.3 is 14.8 Å². The molecule has 0 saturated carbocycles. The highest BCUT2D eigenvalue weighted by molar-refractivity contribution is 9.10. The van der Waals surface area contributed by atoms with Gasteiger partial charge in [0.25, 0.3) is 5.91 Å². The standard InChI is InChI=1S/C21H22BrNO5S/c1-3-27-21(26)18-15-8-7-12(2)9-16(15)29-19(18)23-17(24)11-28-20(25)13-5-4-6-14(22)10-13/h4-6,10,12H,3,7-9,11H2,1-2H3,(H,23,24). The van der Waals surface area contributed by atoms with Crippen molar-refractivity contribution >= 4 is 50.1 Å². The van der Waals surface area contributed by atoms with Crippen LogP contribution < -0.4 is 5.32 Å². The van der Waals surface area contributed by atoms with Crippen molar-refractivity contribution in [3.8, 4) is 0 Å². The Morgan fingerprint density at radius 3 is 2.76 bits per heavy atom. The zero-order chi connectivity index (χ0) is 21.0. The van der Waals surface area contributed by atoms with Crippen LogP contribution in [0.25, 0.3) is 0 Å². The molecule has 29 heavy (non-hydrogen) atoms. The van der Waals surface area contributed by atoms with Gasteiger partial charge in [0, 0.05) is 9.35 Å². The van der Waals surface area contributed by atoms with Crippen molar-refractivity contribution in [1.29, 1.82) is 0 Å². The summed E-state index contributed by atoms with van der Waals surface area (Å²) in [6.07, 6.45) is 2.66. The first-order valence-corrected chi connectivity index (χ1v) is 11.0. The molecular weight excluding hydrogens is 458 g/mol. The fourth-order valence-corrected chi connectivity index (χ4v) is 5.06. The van der Waals surface area contributed by atoms with Crippen LogP contribution in [0.3, 0.4) is 0 Å². The van der Waals surface area contributed by atoms with E-state index in [4.69, 9.17) is 9.47 Å². The molecule has 1 aliphatic carbocycles. The van der Waals surface area contributed by atoms with E-state index in [1.165, 1.54) is 11.3 Å². The number of ether oxygens (including phenoxy) is 2. The fourth-order valence-electron chi connectivity index (χ4n) is 3.25. The first-order valence-electron chi connectivity index (χ1n) is 9.43. The minimum atomic E-state index is -0.591. The highest BCUT2D eigenvalue weighted by atomic mass is 79.9. The number of esters is 2. The molecule has 1 heterocycles. The van der Waals surface area contributed by atoms with E-state index in [0.717, 1.165) is 34.2 Å². The number of halogens is 1. The van der Waals surface area contributed by atoms with E-state index in [1.54, 1.807) is 31.2 Å². The third kappa shape index (κ3) is 5.25. The highest BCUT2D eigenvalue weighted by Gasteiger charge is 2.29. The van der Waals surface area contributed by atoms with Crippen LogP contribution in [0.5, 0.6) is 0 Å². The molecule has 1 N–H and O–H groups in total. The summed E-state index contributed by atoms with van der Waals surface area (Å²) in [5.74, 6) is -0.983. The predicted molar refractivity (Wildman–Crippen MR) is 115 cm³/mol. The number of fused-ring (bicyclic) bond motifs is 1. The van der Waals surface area contributed by atoms with Gasteiger partial charge in [-0.2, -0.15) is 0 Å². The molecule has 1 amide bonds. The average molecular weight is 480 g/mol. The lowest BCUT2D eigenvalue weighted by Crippen LogP contribution is -2.22. The lowest BCUT2D eigenvalue weighted by molar-refractivity contribution is -0.119. The van der Waals surface area contributed by atoms with E-state index >= 15 is 0 Å². The van der Waals surface area contributed by atoms with Crippen molar-refractivity contribution in [2.24, 2.45) is 5.92 Å². The summed E-state index contributed by atoms with van der Waals surface area (Å²) in [7, 11) is 0. The summed E-state index contributed by atoms with van der Waals surface area (Å²) in [5.41, 5.74) is 1.75. The predicted octanol–water partition coefficient (Wildman–Crippen LogP) is 4.61. The molecule has 0 fully saturated rings. The molecule has 1 unspecified atom stereocenters. The molecular formula is C21H22BrNO5S. The molecule has 1 aromatic heterocycles. The molecule has 0 spiro atoms. The second kappa shape index (κ2) is 9.54. The fraction of sp³-hybridized carbons (Fsp3) is 0.381. The second-order valence-electron chi connectivity index (χ2n) is 6.91. The molecule has 0 aliphatic heterocycles. The summed E-state index contributed by atoms with van der Waals surface area (Å²) in [6, 6.07) is 6.73. The number of carbonyl (C=O) groups excluding carboxylic acids is 3. The van der Waals surface area contributed by atoms with Crippen LogP contribution in [0, 0.1) is 5.92 Å². The zero-order valence-electron chi connectivity index (χ0n) is 16.2. The lowest BCUT2D eigenvalue weighted by atomic mass is 9.88. The maximum absolute atomic E-state index is 12.5. The minimum Gasteiger partial charge on any atom is -0.462 e. The van der Waals surface area contributed by atoms with E-state index < -0.39 is 24.5 Å². The molecule has 0 radical (unpaired) electrons. The molecule has 0 saturated heterocycles. The zero-order valence-corrected chi connectivity index (χ0v) is 18.7. The van der Waals surface area contributed by atoms with E-state index in [1.807, 2.05) is 0 Å².